The molecule has 3 aliphatic heterocycles. The summed E-state index contributed by atoms with van der Waals surface area (Å²) in [4.78, 5) is 42.5. The molecular formula is C27H35N3O5. The maximum Gasteiger partial charge on any atom is 0.246 e. The Hall–Kier alpha value is -2.71. The molecule has 0 unspecified atom stereocenters. The van der Waals surface area contributed by atoms with Crippen LogP contribution in [0.25, 0.3) is 0 Å². The number of carbonyl (C=O) groups excluding carboxylic acids is 3. The molecule has 8 heteroatoms. The number of hydrogen-bond donors (Lipinski definition) is 2. The molecule has 7 atom stereocenters. The number of carbonyl (C=O) groups is 3. The molecule has 188 valence electrons. The Kier molecular flexibility index (Phi) is 6.44. The van der Waals surface area contributed by atoms with Crippen molar-refractivity contribution >= 4 is 23.4 Å². The summed E-state index contributed by atoms with van der Waals surface area (Å²) < 4.78 is 11.6. The number of anilines is 1. The molecule has 2 N–H and O–H groups in total. The third-order valence-electron chi connectivity index (χ3n) is 8.19. The number of fused-ring (bicyclic) bond motifs is 1. The highest BCUT2D eigenvalue weighted by Gasteiger charge is 2.72. The molecule has 1 aromatic carbocycles. The first-order valence-corrected chi connectivity index (χ1v) is 12.7. The molecule has 2 bridgehead atoms. The minimum atomic E-state index is -1.15. The van der Waals surface area contributed by atoms with Gasteiger partial charge in [-0.05, 0) is 43.4 Å². The number of benzene rings is 1. The zero-order valence-corrected chi connectivity index (χ0v) is 20.7. The molecule has 1 saturated carbocycles. The smallest absolute Gasteiger partial charge is 0.246 e. The molecule has 3 fully saturated rings. The fraction of sp³-hybridized carbons (Fsp3) is 0.593. The molecule has 3 heterocycles. The van der Waals surface area contributed by atoms with Crippen molar-refractivity contribution in [1.29, 1.82) is 0 Å². The predicted molar refractivity (Wildman–Crippen MR) is 130 cm³/mol. The average molecular weight is 482 g/mol. The second-order valence-electron chi connectivity index (χ2n) is 10.5. The average Bonchev–Trinajstić information content (AvgIpc) is 3.46. The van der Waals surface area contributed by atoms with E-state index in [1.54, 1.807) is 12.0 Å². The molecule has 5 rings (SSSR count). The molecular weight excluding hydrogens is 446 g/mol. The quantitative estimate of drug-likeness (QED) is 0.583. The monoisotopic (exact) mass is 481 g/mol. The van der Waals surface area contributed by atoms with Crippen molar-refractivity contribution in [2.24, 2.45) is 17.8 Å². The highest BCUT2D eigenvalue weighted by atomic mass is 16.5. The van der Waals surface area contributed by atoms with Crippen LogP contribution in [0, 0.1) is 24.7 Å². The van der Waals surface area contributed by atoms with Gasteiger partial charge in [-0.3, -0.25) is 14.4 Å². The predicted octanol–water partition coefficient (Wildman–Crippen LogP) is 2.43. The summed E-state index contributed by atoms with van der Waals surface area (Å²) in [6.45, 7) is 4.68. The zero-order chi connectivity index (χ0) is 24.7. The summed E-state index contributed by atoms with van der Waals surface area (Å²) >= 11 is 0. The van der Waals surface area contributed by atoms with E-state index in [2.05, 4.69) is 17.6 Å². The van der Waals surface area contributed by atoms with Gasteiger partial charge in [0.15, 0.2) is 0 Å². The summed E-state index contributed by atoms with van der Waals surface area (Å²) in [6.07, 6.45) is 7.42. The van der Waals surface area contributed by atoms with Gasteiger partial charge in [-0.25, -0.2) is 0 Å². The van der Waals surface area contributed by atoms with Crippen molar-refractivity contribution < 1.29 is 23.9 Å². The molecule has 1 spiro atoms. The summed E-state index contributed by atoms with van der Waals surface area (Å²) in [5.74, 6) is -1.77. The number of ether oxygens (including phenoxy) is 2. The van der Waals surface area contributed by atoms with E-state index in [4.69, 9.17) is 9.47 Å². The van der Waals surface area contributed by atoms with E-state index in [9.17, 15) is 14.4 Å². The number of aryl methyl sites for hydroxylation is 1. The Labute approximate surface area is 206 Å². The number of hydrogen-bond acceptors (Lipinski definition) is 5. The van der Waals surface area contributed by atoms with Crippen LogP contribution in [0.2, 0.25) is 0 Å². The van der Waals surface area contributed by atoms with Crippen LogP contribution in [0.3, 0.4) is 0 Å². The van der Waals surface area contributed by atoms with Crippen LogP contribution in [0.4, 0.5) is 5.69 Å². The Balaban J connectivity index is 1.43. The van der Waals surface area contributed by atoms with Crippen LogP contribution >= 0.6 is 0 Å². The molecule has 1 aliphatic carbocycles. The summed E-state index contributed by atoms with van der Waals surface area (Å²) in [6, 6.07) is 6.80. The molecule has 0 radical (unpaired) electrons. The highest BCUT2D eigenvalue weighted by Crippen LogP contribution is 2.55. The van der Waals surface area contributed by atoms with Gasteiger partial charge in [0.25, 0.3) is 0 Å². The molecule has 3 amide bonds. The minimum absolute atomic E-state index is 0.0778. The second kappa shape index (κ2) is 9.39. The van der Waals surface area contributed by atoms with E-state index in [-0.39, 0.29) is 30.3 Å². The van der Waals surface area contributed by atoms with Gasteiger partial charge in [0.1, 0.15) is 11.6 Å². The largest absolute Gasteiger partial charge is 0.383 e. The number of rotatable bonds is 7. The second-order valence-corrected chi connectivity index (χ2v) is 10.5. The van der Waals surface area contributed by atoms with Gasteiger partial charge >= 0.3 is 0 Å². The van der Waals surface area contributed by atoms with Crippen molar-refractivity contribution in [3.8, 4) is 0 Å². The van der Waals surface area contributed by atoms with Crippen molar-refractivity contribution in [3.63, 3.8) is 0 Å². The van der Waals surface area contributed by atoms with Crippen LogP contribution in [0.15, 0.2) is 36.4 Å². The number of nitrogens with one attached hydrogen (secondary N) is 2. The van der Waals surface area contributed by atoms with Gasteiger partial charge in [-0.15, -0.1) is 0 Å². The van der Waals surface area contributed by atoms with E-state index in [1.807, 2.05) is 43.3 Å². The van der Waals surface area contributed by atoms with Gasteiger partial charge in [0.2, 0.25) is 17.7 Å². The minimum Gasteiger partial charge on any atom is -0.383 e. The first-order chi connectivity index (χ1) is 16.9. The third kappa shape index (κ3) is 4.06. The molecule has 2 saturated heterocycles. The maximum atomic E-state index is 13.8. The molecule has 0 aromatic heterocycles. The zero-order valence-electron chi connectivity index (χ0n) is 20.7. The summed E-state index contributed by atoms with van der Waals surface area (Å²) in [7, 11) is 1.57. The van der Waals surface area contributed by atoms with E-state index in [0.29, 0.717) is 18.2 Å². The van der Waals surface area contributed by atoms with Crippen molar-refractivity contribution in [2.75, 3.05) is 25.6 Å². The van der Waals surface area contributed by atoms with Gasteiger partial charge in [0, 0.05) is 25.4 Å². The molecule has 1 aromatic rings. The number of nitrogens with zero attached hydrogens (tertiary/aromatic N) is 1. The van der Waals surface area contributed by atoms with Crippen molar-refractivity contribution in [2.45, 2.75) is 63.3 Å². The van der Waals surface area contributed by atoms with E-state index in [0.717, 1.165) is 24.8 Å². The fourth-order valence-electron chi connectivity index (χ4n) is 6.44. The lowest BCUT2D eigenvalue weighted by Gasteiger charge is -2.35. The fourth-order valence-corrected chi connectivity index (χ4v) is 6.44. The molecule has 8 nitrogen and oxygen atoms in total. The van der Waals surface area contributed by atoms with Crippen LogP contribution in [0.1, 0.15) is 38.2 Å². The van der Waals surface area contributed by atoms with E-state index >= 15 is 0 Å². The van der Waals surface area contributed by atoms with Crippen molar-refractivity contribution in [1.82, 2.24) is 10.2 Å². The summed E-state index contributed by atoms with van der Waals surface area (Å²) in [5, 5.41) is 6.19. The van der Waals surface area contributed by atoms with Gasteiger partial charge in [-0.1, -0.05) is 44.1 Å². The number of methoxy groups -OCH3 is 1. The Morgan fingerprint density at radius 1 is 1.23 bits per heavy atom. The van der Waals surface area contributed by atoms with Crippen LogP contribution in [-0.2, 0) is 23.9 Å². The topological polar surface area (TPSA) is 97.0 Å². The summed E-state index contributed by atoms with van der Waals surface area (Å²) in [5.41, 5.74) is 0.560. The molecule has 35 heavy (non-hydrogen) atoms. The van der Waals surface area contributed by atoms with Crippen LogP contribution < -0.4 is 10.6 Å². The lowest BCUT2D eigenvalue weighted by atomic mass is 9.74. The SMILES string of the molecule is COCCN1C(=O)[C@H]2[C@H](C(=O)Nc3cccc(C)c3)[C@H]3C=C[C@@]2(O3)[C@@H]1C(=O)N[C@H]1CCCC[C@H]1C. The van der Waals surface area contributed by atoms with Crippen molar-refractivity contribution in [3.05, 3.63) is 42.0 Å². The number of likely N-dealkylation sites (tertiary alicyclic amines) is 1. The van der Waals surface area contributed by atoms with Gasteiger partial charge in [0.05, 0.1) is 24.5 Å². The lowest BCUT2D eigenvalue weighted by Crippen LogP contribution is -2.57. The maximum absolute atomic E-state index is 13.8. The highest BCUT2D eigenvalue weighted by molar-refractivity contribution is 6.02. The van der Waals surface area contributed by atoms with E-state index < -0.39 is 29.6 Å². The number of amides is 3. The standard InChI is InChI=1S/C27H35N3O5/c1-16-7-6-9-18(15-16)28-24(31)21-20-11-12-27(35-20)22(21)26(33)30(13-14-34-3)23(27)25(32)29-19-10-5-4-8-17(19)2/h6-7,9,11-12,15,17,19-23H,4-5,8,10,13-14H2,1-3H3,(H,28,31)(H,29,32)/t17-,19+,20-,21-,22-,23+,27+/m1/s1. The lowest BCUT2D eigenvalue weighted by molar-refractivity contribution is -0.142. The Morgan fingerprint density at radius 3 is 2.77 bits per heavy atom. The first kappa shape index (κ1) is 24.0. The first-order valence-electron chi connectivity index (χ1n) is 12.7. The Morgan fingerprint density at radius 2 is 2.03 bits per heavy atom. The van der Waals surface area contributed by atoms with Gasteiger partial charge < -0.3 is 25.0 Å². The van der Waals surface area contributed by atoms with Crippen LogP contribution in [0.5, 0.6) is 0 Å². The molecule has 4 aliphatic rings. The Bertz CT molecular complexity index is 1040. The van der Waals surface area contributed by atoms with Crippen LogP contribution in [-0.4, -0.2) is 66.7 Å². The third-order valence-corrected chi connectivity index (χ3v) is 8.19. The van der Waals surface area contributed by atoms with E-state index in [1.165, 1.54) is 6.42 Å². The normalized spacial score (nSPS) is 35.3. The van der Waals surface area contributed by atoms with Gasteiger partial charge in [-0.2, -0.15) is 0 Å².